The van der Waals surface area contributed by atoms with Gasteiger partial charge < -0.3 is 15.0 Å². The van der Waals surface area contributed by atoms with Gasteiger partial charge in [0.1, 0.15) is 12.6 Å². The van der Waals surface area contributed by atoms with Gasteiger partial charge in [0.2, 0.25) is 11.8 Å². The van der Waals surface area contributed by atoms with E-state index in [1.165, 1.54) is 4.90 Å². The zero-order chi connectivity index (χ0) is 21.1. The van der Waals surface area contributed by atoms with E-state index in [1.54, 1.807) is 12.1 Å². The van der Waals surface area contributed by atoms with Gasteiger partial charge in [0, 0.05) is 25.1 Å². The minimum absolute atomic E-state index is 0.187. The standard InChI is InChI=1S/C22H21N3O5/c26-19-9-8-18(20(27)24-19)25-12-16-10-15(6-7-17(16)21(25)28)11-23-22(29)30-13-14-4-2-1-3-5-14/h1-7,10,18H,8-9,11-13H2,(H,23,29)(H,24,26,27). The van der Waals surface area contributed by atoms with E-state index in [-0.39, 0.29) is 31.4 Å². The number of imide groups is 1. The molecular formula is C22H21N3O5. The van der Waals surface area contributed by atoms with Crippen LogP contribution in [0.15, 0.2) is 48.5 Å². The van der Waals surface area contributed by atoms with Crippen molar-refractivity contribution in [3.8, 4) is 0 Å². The number of nitrogens with one attached hydrogen (secondary N) is 2. The Hall–Kier alpha value is -3.68. The molecule has 0 saturated carbocycles. The average Bonchev–Trinajstić information content (AvgIpc) is 3.07. The summed E-state index contributed by atoms with van der Waals surface area (Å²) < 4.78 is 5.19. The van der Waals surface area contributed by atoms with Crippen LogP contribution in [0.2, 0.25) is 0 Å². The number of fused-ring (bicyclic) bond motifs is 1. The number of carbonyl (C=O) groups is 4. The summed E-state index contributed by atoms with van der Waals surface area (Å²) in [5, 5.41) is 4.99. The van der Waals surface area contributed by atoms with E-state index >= 15 is 0 Å². The van der Waals surface area contributed by atoms with Crippen LogP contribution in [-0.4, -0.2) is 34.8 Å². The molecule has 1 saturated heterocycles. The summed E-state index contributed by atoms with van der Waals surface area (Å²) in [4.78, 5) is 49.6. The molecule has 0 radical (unpaired) electrons. The first-order valence-corrected chi connectivity index (χ1v) is 9.72. The number of ether oxygens (including phenoxy) is 1. The third kappa shape index (κ3) is 4.17. The van der Waals surface area contributed by atoms with Crippen molar-refractivity contribution < 1.29 is 23.9 Å². The van der Waals surface area contributed by atoms with Crippen LogP contribution in [0.4, 0.5) is 4.79 Å². The summed E-state index contributed by atoms with van der Waals surface area (Å²) in [6.45, 7) is 0.743. The van der Waals surface area contributed by atoms with E-state index in [2.05, 4.69) is 10.6 Å². The number of piperidine rings is 1. The van der Waals surface area contributed by atoms with E-state index in [9.17, 15) is 19.2 Å². The van der Waals surface area contributed by atoms with Gasteiger partial charge >= 0.3 is 6.09 Å². The largest absolute Gasteiger partial charge is 0.445 e. The molecule has 8 nitrogen and oxygen atoms in total. The second kappa shape index (κ2) is 8.36. The average molecular weight is 407 g/mol. The third-order valence-corrected chi connectivity index (χ3v) is 5.24. The monoisotopic (exact) mass is 407 g/mol. The fourth-order valence-electron chi connectivity index (χ4n) is 3.69. The minimum atomic E-state index is -0.642. The highest BCUT2D eigenvalue weighted by atomic mass is 16.5. The number of alkyl carbamates (subject to hydrolysis) is 1. The number of nitrogens with zero attached hydrogens (tertiary/aromatic N) is 1. The predicted molar refractivity (Wildman–Crippen MR) is 106 cm³/mol. The summed E-state index contributed by atoms with van der Waals surface area (Å²) in [5.74, 6) is -0.968. The number of amides is 4. The van der Waals surface area contributed by atoms with Crippen molar-refractivity contribution in [3.63, 3.8) is 0 Å². The maximum atomic E-state index is 12.7. The summed E-state index contributed by atoms with van der Waals surface area (Å²) in [5.41, 5.74) is 3.05. The zero-order valence-electron chi connectivity index (χ0n) is 16.2. The quantitative estimate of drug-likeness (QED) is 0.737. The lowest BCUT2D eigenvalue weighted by Crippen LogP contribution is -2.52. The van der Waals surface area contributed by atoms with Crippen molar-refractivity contribution in [1.29, 1.82) is 0 Å². The summed E-state index contributed by atoms with van der Waals surface area (Å²) >= 11 is 0. The Morgan fingerprint density at radius 3 is 2.67 bits per heavy atom. The summed E-state index contributed by atoms with van der Waals surface area (Å²) in [6.07, 6.45) is 0.0173. The SMILES string of the molecule is O=C1CCC(N2Cc3cc(CNC(=O)OCc4ccccc4)ccc3C2=O)C(=O)N1. The first-order valence-electron chi connectivity index (χ1n) is 9.72. The van der Waals surface area contributed by atoms with Crippen LogP contribution < -0.4 is 10.6 Å². The van der Waals surface area contributed by atoms with Crippen LogP contribution in [-0.2, 0) is 34.0 Å². The Kier molecular flexibility index (Phi) is 5.47. The van der Waals surface area contributed by atoms with Crippen LogP contribution in [0, 0.1) is 0 Å². The molecule has 2 aromatic carbocycles. The lowest BCUT2D eigenvalue weighted by Gasteiger charge is -2.29. The third-order valence-electron chi connectivity index (χ3n) is 5.24. The number of benzene rings is 2. The van der Waals surface area contributed by atoms with Gasteiger partial charge in [-0.1, -0.05) is 42.5 Å². The van der Waals surface area contributed by atoms with Gasteiger partial charge in [-0.15, -0.1) is 0 Å². The molecule has 2 aliphatic heterocycles. The van der Waals surface area contributed by atoms with Crippen molar-refractivity contribution in [2.24, 2.45) is 0 Å². The van der Waals surface area contributed by atoms with Crippen LogP contribution in [0.3, 0.4) is 0 Å². The lowest BCUT2D eigenvalue weighted by molar-refractivity contribution is -0.136. The van der Waals surface area contributed by atoms with E-state index in [1.807, 2.05) is 36.4 Å². The number of rotatable bonds is 5. The fourth-order valence-corrected chi connectivity index (χ4v) is 3.69. The normalized spacial score (nSPS) is 18.1. The number of hydrogen-bond acceptors (Lipinski definition) is 5. The molecule has 4 rings (SSSR count). The van der Waals surface area contributed by atoms with Gasteiger partial charge in [-0.3, -0.25) is 19.7 Å². The van der Waals surface area contributed by atoms with Gasteiger partial charge in [-0.05, 0) is 29.2 Å². The molecule has 0 spiro atoms. The van der Waals surface area contributed by atoms with Gasteiger partial charge in [-0.25, -0.2) is 4.79 Å². The fraction of sp³-hybridized carbons (Fsp3) is 0.273. The summed E-state index contributed by atoms with van der Waals surface area (Å²) in [6, 6.07) is 14.1. The smallest absolute Gasteiger partial charge is 0.407 e. The molecule has 1 fully saturated rings. The molecule has 30 heavy (non-hydrogen) atoms. The molecule has 154 valence electrons. The molecule has 0 aliphatic carbocycles. The molecule has 1 unspecified atom stereocenters. The highest BCUT2D eigenvalue weighted by molar-refractivity contribution is 6.05. The van der Waals surface area contributed by atoms with E-state index in [0.29, 0.717) is 18.5 Å². The van der Waals surface area contributed by atoms with Crippen LogP contribution in [0.1, 0.15) is 39.9 Å². The van der Waals surface area contributed by atoms with E-state index in [0.717, 1.165) is 16.7 Å². The zero-order valence-corrected chi connectivity index (χ0v) is 16.2. The highest BCUT2D eigenvalue weighted by Crippen LogP contribution is 2.28. The van der Waals surface area contributed by atoms with Crippen LogP contribution >= 0.6 is 0 Å². The Labute approximate surface area is 173 Å². The molecule has 8 heteroatoms. The molecule has 2 N–H and O–H groups in total. The first kappa shape index (κ1) is 19.6. The lowest BCUT2D eigenvalue weighted by atomic mass is 10.0. The topological polar surface area (TPSA) is 105 Å². The maximum absolute atomic E-state index is 12.7. The second-order valence-electron chi connectivity index (χ2n) is 7.31. The van der Waals surface area contributed by atoms with Gasteiger partial charge in [0.25, 0.3) is 5.91 Å². The summed E-state index contributed by atoms with van der Waals surface area (Å²) in [7, 11) is 0. The molecule has 2 aromatic rings. The Bertz CT molecular complexity index is 1010. The van der Waals surface area contributed by atoms with Gasteiger partial charge in [-0.2, -0.15) is 0 Å². The van der Waals surface area contributed by atoms with Crippen molar-refractivity contribution in [1.82, 2.24) is 15.5 Å². The second-order valence-corrected chi connectivity index (χ2v) is 7.31. The minimum Gasteiger partial charge on any atom is -0.445 e. The Morgan fingerprint density at radius 1 is 1.10 bits per heavy atom. The van der Waals surface area contributed by atoms with Crippen LogP contribution in [0.25, 0.3) is 0 Å². The van der Waals surface area contributed by atoms with E-state index < -0.39 is 18.0 Å². The maximum Gasteiger partial charge on any atom is 0.407 e. The van der Waals surface area contributed by atoms with Gasteiger partial charge in [0.15, 0.2) is 0 Å². The molecule has 2 heterocycles. The van der Waals surface area contributed by atoms with Crippen molar-refractivity contribution >= 4 is 23.8 Å². The Balaban J connectivity index is 1.34. The Morgan fingerprint density at radius 2 is 1.90 bits per heavy atom. The predicted octanol–water partition coefficient (Wildman–Crippen LogP) is 1.87. The highest BCUT2D eigenvalue weighted by Gasteiger charge is 2.39. The number of carbonyl (C=O) groups excluding carboxylic acids is 4. The number of hydrogen-bond donors (Lipinski definition) is 2. The van der Waals surface area contributed by atoms with Gasteiger partial charge in [0.05, 0.1) is 0 Å². The molecule has 2 aliphatic rings. The van der Waals surface area contributed by atoms with E-state index in [4.69, 9.17) is 4.74 Å². The van der Waals surface area contributed by atoms with Crippen LogP contribution in [0.5, 0.6) is 0 Å². The van der Waals surface area contributed by atoms with Crippen molar-refractivity contribution in [2.75, 3.05) is 0 Å². The molecule has 1 atom stereocenters. The molecule has 0 aromatic heterocycles. The molecular weight excluding hydrogens is 386 g/mol. The van der Waals surface area contributed by atoms with Crippen molar-refractivity contribution in [2.45, 2.75) is 38.6 Å². The van der Waals surface area contributed by atoms with Crippen molar-refractivity contribution in [3.05, 3.63) is 70.8 Å². The molecule has 0 bridgehead atoms. The molecule has 4 amide bonds. The first-order chi connectivity index (χ1) is 14.5.